The van der Waals surface area contributed by atoms with Crippen molar-refractivity contribution < 1.29 is 23.3 Å². The molecule has 32 heavy (non-hydrogen) atoms. The van der Waals surface area contributed by atoms with E-state index in [1.165, 1.54) is 7.11 Å². The first-order valence-corrected chi connectivity index (χ1v) is 14.1. The normalized spacial score (nSPS) is 18.0. The van der Waals surface area contributed by atoms with E-state index in [4.69, 9.17) is 18.5 Å². The number of aryl methyl sites for hydroxylation is 1. The van der Waals surface area contributed by atoms with Gasteiger partial charge in [-0.2, -0.15) is 0 Å². The van der Waals surface area contributed by atoms with Crippen LogP contribution in [0.4, 0.5) is 0 Å². The van der Waals surface area contributed by atoms with Crippen LogP contribution in [0.15, 0.2) is 18.2 Å². The lowest BCUT2D eigenvalue weighted by Crippen LogP contribution is -2.51. The van der Waals surface area contributed by atoms with Crippen LogP contribution in [0.25, 0.3) is 0 Å². The van der Waals surface area contributed by atoms with Gasteiger partial charge < -0.3 is 18.5 Å². The van der Waals surface area contributed by atoms with Crippen LogP contribution in [-0.2, 0) is 25.3 Å². The van der Waals surface area contributed by atoms with Crippen LogP contribution in [0, 0.1) is 0 Å². The van der Waals surface area contributed by atoms with Gasteiger partial charge in [0.05, 0.1) is 18.3 Å². The lowest BCUT2D eigenvalue weighted by molar-refractivity contribution is -0.140. The van der Waals surface area contributed by atoms with Crippen molar-refractivity contribution >= 4 is 26.9 Å². The molecule has 1 heterocycles. The van der Waals surface area contributed by atoms with Crippen molar-refractivity contribution in [2.75, 3.05) is 7.11 Å². The Kier molecular flexibility index (Phi) is 8.33. The number of hydrogen-bond donors (Lipinski definition) is 0. The fourth-order valence-electron chi connectivity index (χ4n) is 4.91. The zero-order chi connectivity index (χ0) is 24.5. The van der Waals surface area contributed by atoms with Gasteiger partial charge in [-0.15, -0.1) is 0 Å². The van der Waals surface area contributed by atoms with E-state index in [-0.39, 0.29) is 5.97 Å². The second kappa shape index (κ2) is 9.90. The second-order valence-corrected chi connectivity index (χ2v) is 16.4. The highest BCUT2D eigenvalue weighted by Gasteiger charge is 2.52. The number of rotatable bonds is 9. The SMILES string of the molecule is COC(=O)CCc1cc(O[Si](C(C)C)(C(C)C)C(C)C)cc(B2OC(C)(C)C(C)(C)O2)c1. The number of carbonyl (C=O) groups excluding carboxylic acids is 1. The molecule has 180 valence electrons. The van der Waals surface area contributed by atoms with E-state index in [0.29, 0.717) is 29.5 Å². The van der Waals surface area contributed by atoms with Crippen LogP contribution in [0.5, 0.6) is 5.75 Å². The molecule has 1 fully saturated rings. The van der Waals surface area contributed by atoms with Gasteiger partial charge >= 0.3 is 13.1 Å². The van der Waals surface area contributed by atoms with E-state index >= 15 is 0 Å². The molecule has 1 aliphatic rings. The molecule has 1 aromatic carbocycles. The molecular weight excluding hydrogens is 419 g/mol. The molecule has 7 heteroatoms. The van der Waals surface area contributed by atoms with Gasteiger partial charge in [-0.05, 0) is 73.9 Å². The Balaban J connectivity index is 2.50. The number of methoxy groups -OCH3 is 1. The summed E-state index contributed by atoms with van der Waals surface area (Å²) < 4.78 is 24.5. The maximum Gasteiger partial charge on any atom is 0.494 e. The molecule has 1 aliphatic heterocycles. The smallest absolute Gasteiger partial charge is 0.494 e. The third kappa shape index (κ3) is 5.42. The highest BCUT2D eigenvalue weighted by molar-refractivity contribution is 6.78. The number of benzene rings is 1. The summed E-state index contributed by atoms with van der Waals surface area (Å²) in [5.41, 5.74) is 2.49. The lowest BCUT2D eigenvalue weighted by Gasteiger charge is -2.42. The molecule has 5 nitrogen and oxygen atoms in total. The van der Waals surface area contributed by atoms with Crippen molar-refractivity contribution in [3.63, 3.8) is 0 Å². The Bertz CT molecular complexity index is 766. The first-order valence-electron chi connectivity index (χ1n) is 11.9. The largest absolute Gasteiger partial charge is 0.543 e. The minimum Gasteiger partial charge on any atom is -0.543 e. The van der Waals surface area contributed by atoms with Crippen LogP contribution < -0.4 is 9.89 Å². The van der Waals surface area contributed by atoms with E-state index in [9.17, 15) is 4.79 Å². The Morgan fingerprint density at radius 2 is 1.44 bits per heavy atom. The van der Waals surface area contributed by atoms with Crippen molar-refractivity contribution in [2.24, 2.45) is 0 Å². The maximum absolute atomic E-state index is 11.8. The van der Waals surface area contributed by atoms with E-state index in [2.05, 4.69) is 87.4 Å². The van der Waals surface area contributed by atoms with Crippen LogP contribution >= 0.6 is 0 Å². The predicted octanol–water partition coefficient (Wildman–Crippen LogP) is 5.65. The molecule has 0 amide bonds. The third-order valence-corrected chi connectivity index (χ3v) is 13.4. The lowest BCUT2D eigenvalue weighted by atomic mass is 9.78. The van der Waals surface area contributed by atoms with Crippen molar-refractivity contribution in [1.29, 1.82) is 0 Å². The van der Waals surface area contributed by atoms with Crippen molar-refractivity contribution in [2.45, 2.75) is 110 Å². The summed E-state index contributed by atoms with van der Waals surface area (Å²) >= 11 is 0. The average molecular weight is 463 g/mol. The number of carbonyl (C=O) groups is 1. The number of esters is 1. The summed E-state index contributed by atoms with van der Waals surface area (Å²) in [6.45, 7) is 21.9. The first-order chi connectivity index (χ1) is 14.7. The summed E-state index contributed by atoms with van der Waals surface area (Å²) in [4.78, 5) is 11.8. The molecule has 0 N–H and O–H groups in total. The fourth-order valence-corrected chi connectivity index (χ4v) is 10.1. The van der Waals surface area contributed by atoms with Gasteiger partial charge in [0.25, 0.3) is 8.32 Å². The second-order valence-electron chi connectivity index (χ2n) is 11.0. The number of hydrogen-bond acceptors (Lipinski definition) is 5. The Labute approximate surface area is 196 Å². The summed E-state index contributed by atoms with van der Waals surface area (Å²) in [6.07, 6.45) is 0.903. The van der Waals surface area contributed by atoms with E-state index in [0.717, 1.165) is 16.8 Å². The summed E-state index contributed by atoms with van der Waals surface area (Å²) in [5, 5.41) is 0. The molecule has 0 spiro atoms. The monoisotopic (exact) mass is 462 g/mol. The summed E-state index contributed by atoms with van der Waals surface area (Å²) in [6, 6.07) is 6.21. The predicted molar refractivity (Wildman–Crippen MR) is 134 cm³/mol. The quantitative estimate of drug-likeness (QED) is 0.351. The van der Waals surface area contributed by atoms with Gasteiger partial charge in [0, 0.05) is 6.42 Å². The Hall–Kier alpha value is -1.31. The van der Waals surface area contributed by atoms with Gasteiger partial charge in [0.1, 0.15) is 5.75 Å². The third-order valence-electron chi connectivity index (χ3n) is 7.36. The van der Waals surface area contributed by atoms with Crippen molar-refractivity contribution in [3.8, 4) is 5.75 Å². The van der Waals surface area contributed by atoms with Crippen molar-refractivity contribution in [1.82, 2.24) is 0 Å². The van der Waals surface area contributed by atoms with Gasteiger partial charge in [0.2, 0.25) is 0 Å². The van der Waals surface area contributed by atoms with Gasteiger partial charge in [-0.25, -0.2) is 0 Å². The molecule has 0 saturated carbocycles. The first kappa shape index (κ1) is 26.9. The fraction of sp³-hybridized carbons (Fsp3) is 0.720. The molecule has 0 bridgehead atoms. The molecule has 2 rings (SSSR count). The molecule has 0 unspecified atom stereocenters. The zero-order valence-electron chi connectivity index (χ0n) is 22.0. The molecule has 0 atom stereocenters. The minimum absolute atomic E-state index is 0.219. The van der Waals surface area contributed by atoms with Crippen LogP contribution in [0.1, 0.15) is 81.2 Å². The van der Waals surface area contributed by atoms with E-state index in [1.807, 2.05) is 0 Å². The topological polar surface area (TPSA) is 54.0 Å². The molecule has 0 aliphatic carbocycles. The summed E-state index contributed by atoms with van der Waals surface area (Å²) in [7, 11) is -1.19. The molecule has 1 aromatic rings. The average Bonchev–Trinajstić information content (AvgIpc) is 2.90. The molecular formula is C25H43BO5Si. The van der Waals surface area contributed by atoms with Crippen LogP contribution in [0.2, 0.25) is 16.6 Å². The zero-order valence-corrected chi connectivity index (χ0v) is 23.0. The van der Waals surface area contributed by atoms with Gasteiger partial charge in [-0.1, -0.05) is 47.6 Å². The molecule has 0 aromatic heterocycles. The van der Waals surface area contributed by atoms with Gasteiger partial charge in [-0.3, -0.25) is 4.79 Å². The number of ether oxygens (including phenoxy) is 1. The van der Waals surface area contributed by atoms with Crippen LogP contribution in [-0.4, -0.2) is 39.7 Å². The highest BCUT2D eigenvalue weighted by atomic mass is 28.4. The summed E-state index contributed by atoms with van der Waals surface area (Å²) in [5.74, 6) is 0.628. The highest BCUT2D eigenvalue weighted by Crippen LogP contribution is 2.43. The maximum atomic E-state index is 11.8. The Morgan fingerprint density at radius 1 is 0.938 bits per heavy atom. The van der Waals surface area contributed by atoms with E-state index < -0.39 is 26.6 Å². The minimum atomic E-state index is -2.14. The van der Waals surface area contributed by atoms with Crippen LogP contribution in [0.3, 0.4) is 0 Å². The standard InChI is InChI=1S/C25H43BO5Si/c1-17(2)32(18(3)4,19(5)6)29-22-15-20(12-13-23(27)28-11)14-21(16-22)26-30-24(7,8)25(9,10)31-26/h14-19H,12-13H2,1-11H3. The van der Waals surface area contributed by atoms with Gasteiger partial charge in [0.15, 0.2) is 0 Å². The van der Waals surface area contributed by atoms with E-state index in [1.54, 1.807) is 0 Å². The van der Waals surface area contributed by atoms with Crippen molar-refractivity contribution in [3.05, 3.63) is 23.8 Å². The Morgan fingerprint density at radius 3 is 1.88 bits per heavy atom. The molecule has 1 saturated heterocycles. The molecule has 0 radical (unpaired) electrons.